The van der Waals surface area contributed by atoms with Crippen molar-refractivity contribution in [3.63, 3.8) is 0 Å². The summed E-state index contributed by atoms with van der Waals surface area (Å²) < 4.78 is 0. The molecule has 0 aliphatic heterocycles. The fraction of sp³-hybridized carbons (Fsp3) is 0.800. The van der Waals surface area contributed by atoms with Crippen molar-refractivity contribution in [2.75, 3.05) is 0 Å². The highest BCUT2D eigenvalue weighted by molar-refractivity contribution is 5.26. The topological polar surface area (TPSA) is 20.2 Å². The van der Waals surface area contributed by atoms with E-state index < -0.39 is 0 Å². The summed E-state index contributed by atoms with van der Waals surface area (Å²) in [5.41, 5.74) is 2.44. The summed E-state index contributed by atoms with van der Waals surface area (Å²) in [6, 6.07) is 8.33. The molecule has 1 N–H and O–H groups in total. The lowest BCUT2D eigenvalue weighted by molar-refractivity contribution is 0.280. The highest BCUT2D eigenvalue weighted by Gasteiger charge is 2.00. The molecule has 1 aromatic rings. The first-order chi connectivity index (χ1) is 15.4. The Morgan fingerprint density at radius 3 is 1.13 bits per heavy atom. The SMILES string of the molecule is CCCCCCCCCCCCCCCCCCCCCCCc1ccccc1CO. The van der Waals surface area contributed by atoms with Crippen LogP contribution in [-0.2, 0) is 13.0 Å². The maximum Gasteiger partial charge on any atom is 0.0684 e. The maximum absolute atomic E-state index is 9.39. The molecule has 0 spiro atoms. The van der Waals surface area contributed by atoms with Crippen LogP contribution in [0.2, 0.25) is 0 Å². The van der Waals surface area contributed by atoms with Gasteiger partial charge in [0.2, 0.25) is 0 Å². The second-order valence-electron chi connectivity index (χ2n) is 9.75. The fourth-order valence-corrected chi connectivity index (χ4v) is 4.70. The molecule has 0 aliphatic carbocycles. The Kier molecular flexibility index (Phi) is 20.4. The number of aryl methyl sites for hydroxylation is 1. The van der Waals surface area contributed by atoms with Crippen molar-refractivity contribution >= 4 is 0 Å². The molecule has 0 heterocycles. The molecule has 0 bridgehead atoms. The second-order valence-corrected chi connectivity index (χ2v) is 9.75. The summed E-state index contributed by atoms with van der Waals surface area (Å²) in [5.74, 6) is 0. The zero-order chi connectivity index (χ0) is 22.2. The minimum absolute atomic E-state index is 0.176. The Morgan fingerprint density at radius 1 is 0.452 bits per heavy atom. The maximum atomic E-state index is 9.39. The minimum Gasteiger partial charge on any atom is -0.392 e. The molecular weight excluding hydrogens is 376 g/mol. The zero-order valence-electron chi connectivity index (χ0n) is 21.0. The first kappa shape index (κ1) is 28.2. The quantitative estimate of drug-likeness (QED) is 0.171. The molecule has 0 atom stereocenters. The zero-order valence-corrected chi connectivity index (χ0v) is 21.0. The molecule has 0 amide bonds. The first-order valence-corrected chi connectivity index (χ1v) is 14.1. The Balaban J connectivity index is 1.73. The predicted molar refractivity (Wildman–Crippen MR) is 139 cm³/mol. The van der Waals surface area contributed by atoms with Crippen molar-refractivity contribution in [3.8, 4) is 0 Å². The van der Waals surface area contributed by atoms with Gasteiger partial charge in [-0.15, -0.1) is 0 Å². The van der Waals surface area contributed by atoms with E-state index in [9.17, 15) is 5.11 Å². The largest absolute Gasteiger partial charge is 0.392 e. The summed E-state index contributed by atoms with van der Waals surface area (Å²) in [6.07, 6.45) is 31.2. The van der Waals surface area contributed by atoms with E-state index in [1.54, 1.807) is 0 Å². The van der Waals surface area contributed by atoms with E-state index in [1.807, 2.05) is 12.1 Å². The molecule has 0 saturated carbocycles. The van der Waals surface area contributed by atoms with Gasteiger partial charge in [0.15, 0.2) is 0 Å². The van der Waals surface area contributed by atoms with Crippen molar-refractivity contribution in [2.24, 2.45) is 0 Å². The molecule has 0 saturated heterocycles. The van der Waals surface area contributed by atoms with Gasteiger partial charge in [0, 0.05) is 0 Å². The predicted octanol–water partition coefficient (Wildman–Crippen LogP) is 9.93. The highest BCUT2D eigenvalue weighted by Crippen LogP contribution is 2.16. The van der Waals surface area contributed by atoms with Crippen LogP contribution in [-0.4, -0.2) is 5.11 Å². The van der Waals surface area contributed by atoms with Crippen molar-refractivity contribution < 1.29 is 5.11 Å². The van der Waals surface area contributed by atoms with Gasteiger partial charge in [-0.05, 0) is 24.0 Å². The van der Waals surface area contributed by atoms with Crippen LogP contribution in [0, 0.1) is 0 Å². The van der Waals surface area contributed by atoms with E-state index in [4.69, 9.17) is 0 Å². The number of rotatable bonds is 23. The molecule has 1 heteroatoms. The van der Waals surface area contributed by atoms with Gasteiger partial charge >= 0.3 is 0 Å². The number of unbranched alkanes of at least 4 members (excludes halogenated alkanes) is 20. The summed E-state index contributed by atoms with van der Waals surface area (Å²) in [7, 11) is 0. The minimum atomic E-state index is 0.176. The molecule has 1 nitrogen and oxygen atoms in total. The molecule has 180 valence electrons. The van der Waals surface area contributed by atoms with Gasteiger partial charge in [0.05, 0.1) is 6.61 Å². The number of benzene rings is 1. The number of hydrogen-bond donors (Lipinski definition) is 1. The van der Waals surface area contributed by atoms with Crippen LogP contribution < -0.4 is 0 Å². The van der Waals surface area contributed by atoms with Gasteiger partial charge in [-0.3, -0.25) is 0 Å². The van der Waals surface area contributed by atoms with Crippen LogP contribution in [0.1, 0.15) is 153 Å². The molecule has 1 aromatic carbocycles. The average Bonchev–Trinajstić information content (AvgIpc) is 2.80. The second kappa shape index (κ2) is 22.4. The summed E-state index contributed by atoms with van der Waals surface area (Å²) in [6.45, 7) is 2.47. The van der Waals surface area contributed by atoms with Gasteiger partial charge in [0.25, 0.3) is 0 Å². The van der Waals surface area contributed by atoms with E-state index in [1.165, 1.54) is 140 Å². The van der Waals surface area contributed by atoms with E-state index >= 15 is 0 Å². The molecule has 1 rings (SSSR count). The van der Waals surface area contributed by atoms with Crippen molar-refractivity contribution in [2.45, 2.75) is 155 Å². The van der Waals surface area contributed by atoms with Crippen LogP contribution in [0.3, 0.4) is 0 Å². The van der Waals surface area contributed by atoms with Crippen LogP contribution in [0.5, 0.6) is 0 Å². The standard InChI is InChI=1S/C30H54O/c1-2-3-4-5-6-7-8-9-10-11-12-13-14-15-16-17-18-19-20-21-22-25-29-26-23-24-27-30(29)28-31/h23-24,26-27,31H,2-22,25,28H2,1H3. The lowest BCUT2D eigenvalue weighted by Crippen LogP contribution is -1.94. The Bertz CT molecular complexity index is 481. The molecule has 0 unspecified atom stereocenters. The lowest BCUT2D eigenvalue weighted by Gasteiger charge is -2.07. The third kappa shape index (κ3) is 17.4. The lowest BCUT2D eigenvalue weighted by atomic mass is 10.0. The monoisotopic (exact) mass is 430 g/mol. The van der Waals surface area contributed by atoms with Crippen LogP contribution in [0.25, 0.3) is 0 Å². The third-order valence-electron chi connectivity index (χ3n) is 6.84. The van der Waals surface area contributed by atoms with Crippen LogP contribution in [0.15, 0.2) is 24.3 Å². The Morgan fingerprint density at radius 2 is 0.774 bits per heavy atom. The third-order valence-corrected chi connectivity index (χ3v) is 6.84. The van der Waals surface area contributed by atoms with Crippen molar-refractivity contribution in [1.29, 1.82) is 0 Å². The molecule has 0 aromatic heterocycles. The summed E-state index contributed by atoms with van der Waals surface area (Å²) in [5, 5.41) is 9.39. The normalized spacial score (nSPS) is 11.3. The summed E-state index contributed by atoms with van der Waals surface area (Å²) >= 11 is 0. The number of aliphatic hydroxyl groups is 1. The van der Waals surface area contributed by atoms with Crippen LogP contribution in [0.4, 0.5) is 0 Å². The molecular formula is C30H54O. The van der Waals surface area contributed by atoms with Gasteiger partial charge in [0.1, 0.15) is 0 Å². The van der Waals surface area contributed by atoms with Crippen molar-refractivity contribution in [1.82, 2.24) is 0 Å². The highest BCUT2D eigenvalue weighted by atomic mass is 16.3. The van der Waals surface area contributed by atoms with E-state index in [2.05, 4.69) is 19.1 Å². The molecule has 0 aliphatic rings. The molecule has 31 heavy (non-hydrogen) atoms. The number of hydrogen-bond acceptors (Lipinski definition) is 1. The molecule has 0 fully saturated rings. The number of aliphatic hydroxyl groups excluding tert-OH is 1. The fourth-order valence-electron chi connectivity index (χ4n) is 4.70. The van der Waals surface area contributed by atoms with Crippen molar-refractivity contribution in [3.05, 3.63) is 35.4 Å². The van der Waals surface area contributed by atoms with Gasteiger partial charge < -0.3 is 5.11 Å². The van der Waals surface area contributed by atoms with Gasteiger partial charge in [-0.2, -0.15) is 0 Å². The van der Waals surface area contributed by atoms with Gasteiger partial charge in [-0.1, -0.05) is 160 Å². The van der Waals surface area contributed by atoms with E-state index in [0.29, 0.717) is 0 Å². The summed E-state index contributed by atoms with van der Waals surface area (Å²) in [4.78, 5) is 0. The smallest absolute Gasteiger partial charge is 0.0684 e. The first-order valence-electron chi connectivity index (χ1n) is 14.1. The molecule has 0 radical (unpaired) electrons. The van der Waals surface area contributed by atoms with Crippen LogP contribution >= 0.6 is 0 Å². The Labute approximate surface area is 195 Å². The van der Waals surface area contributed by atoms with E-state index in [-0.39, 0.29) is 6.61 Å². The average molecular weight is 431 g/mol. The Hall–Kier alpha value is -0.820. The van der Waals surface area contributed by atoms with Gasteiger partial charge in [-0.25, -0.2) is 0 Å². The van der Waals surface area contributed by atoms with E-state index in [0.717, 1.165) is 12.0 Å².